The number of rotatable bonds is 8. The standard InChI is InChI=1S/C17H21N3O4/c1-12(21)19-14-9-7-13(8-10-14)16(22)20-15(17(23)24-2)6-4-3-5-11-18/h7-10,15H,3-6H2,1-2H3,(H,19,21)(H,20,22)/t15-/m0/s1. The molecule has 0 spiro atoms. The van der Waals surface area contributed by atoms with Gasteiger partial charge in [0.05, 0.1) is 13.2 Å². The summed E-state index contributed by atoms with van der Waals surface area (Å²) < 4.78 is 4.70. The van der Waals surface area contributed by atoms with Crippen molar-refractivity contribution in [3.63, 3.8) is 0 Å². The SMILES string of the molecule is COC(=O)[C@H](CCCCC#N)NC(=O)c1ccc(NC(C)=O)cc1. The number of methoxy groups -OCH3 is 1. The van der Waals surface area contributed by atoms with Crippen LogP contribution in [0.4, 0.5) is 5.69 Å². The Morgan fingerprint density at radius 3 is 2.42 bits per heavy atom. The summed E-state index contributed by atoms with van der Waals surface area (Å²) in [5.74, 6) is -1.12. The maximum absolute atomic E-state index is 12.2. The van der Waals surface area contributed by atoms with Gasteiger partial charge in [-0.3, -0.25) is 9.59 Å². The van der Waals surface area contributed by atoms with E-state index in [0.29, 0.717) is 36.9 Å². The third-order valence-electron chi connectivity index (χ3n) is 3.29. The molecule has 0 aliphatic carbocycles. The molecule has 1 aromatic carbocycles. The molecule has 0 unspecified atom stereocenters. The summed E-state index contributed by atoms with van der Waals surface area (Å²) in [5.41, 5.74) is 0.954. The maximum atomic E-state index is 12.2. The van der Waals surface area contributed by atoms with Crippen molar-refractivity contribution in [2.45, 2.75) is 38.6 Å². The highest BCUT2D eigenvalue weighted by atomic mass is 16.5. The highest BCUT2D eigenvalue weighted by molar-refractivity contribution is 5.97. The minimum absolute atomic E-state index is 0.199. The van der Waals surface area contributed by atoms with Gasteiger partial charge in [-0.2, -0.15) is 5.26 Å². The van der Waals surface area contributed by atoms with Crippen LogP contribution < -0.4 is 10.6 Å². The van der Waals surface area contributed by atoms with E-state index in [-0.39, 0.29) is 5.91 Å². The molecule has 0 saturated carbocycles. The van der Waals surface area contributed by atoms with Crippen LogP contribution >= 0.6 is 0 Å². The number of nitriles is 1. The highest BCUT2D eigenvalue weighted by Gasteiger charge is 2.21. The van der Waals surface area contributed by atoms with Crippen LogP contribution in [0.15, 0.2) is 24.3 Å². The van der Waals surface area contributed by atoms with Gasteiger partial charge in [0.1, 0.15) is 6.04 Å². The van der Waals surface area contributed by atoms with Gasteiger partial charge in [0.25, 0.3) is 5.91 Å². The molecule has 2 amide bonds. The molecule has 1 atom stereocenters. The van der Waals surface area contributed by atoms with Gasteiger partial charge in [-0.05, 0) is 43.5 Å². The van der Waals surface area contributed by atoms with Crippen LogP contribution in [0.1, 0.15) is 43.0 Å². The smallest absolute Gasteiger partial charge is 0.328 e. The second-order valence-corrected chi connectivity index (χ2v) is 5.21. The third kappa shape index (κ3) is 6.48. The third-order valence-corrected chi connectivity index (χ3v) is 3.29. The summed E-state index contributed by atoms with van der Waals surface area (Å²) in [5, 5.41) is 13.8. The van der Waals surface area contributed by atoms with E-state index >= 15 is 0 Å². The van der Waals surface area contributed by atoms with Gasteiger partial charge in [0.2, 0.25) is 5.91 Å². The number of nitrogens with one attached hydrogen (secondary N) is 2. The van der Waals surface area contributed by atoms with Gasteiger partial charge in [-0.25, -0.2) is 4.79 Å². The van der Waals surface area contributed by atoms with Crippen molar-refractivity contribution in [3.05, 3.63) is 29.8 Å². The van der Waals surface area contributed by atoms with E-state index in [9.17, 15) is 14.4 Å². The number of ether oxygens (including phenoxy) is 1. The molecule has 0 aromatic heterocycles. The fraction of sp³-hybridized carbons (Fsp3) is 0.412. The lowest BCUT2D eigenvalue weighted by Crippen LogP contribution is -2.41. The van der Waals surface area contributed by atoms with Gasteiger partial charge in [-0.15, -0.1) is 0 Å². The van der Waals surface area contributed by atoms with Crippen LogP contribution in [-0.4, -0.2) is 30.9 Å². The van der Waals surface area contributed by atoms with Gasteiger partial charge in [0, 0.05) is 24.6 Å². The van der Waals surface area contributed by atoms with E-state index in [1.165, 1.54) is 14.0 Å². The number of benzene rings is 1. The first-order chi connectivity index (χ1) is 11.5. The van der Waals surface area contributed by atoms with Crippen LogP contribution in [-0.2, 0) is 14.3 Å². The Morgan fingerprint density at radius 1 is 1.21 bits per heavy atom. The molecule has 0 aliphatic rings. The van der Waals surface area contributed by atoms with Crippen molar-refractivity contribution in [1.29, 1.82) is 5.26 Å². The molecule has 0 aliphatic heterocycles. The van der Waals surface area contributed by atoms with Crippen molar-refractivity contribution in [2.75, 3.05) is 12.4 Å². The van der Waals surface area contributed by atoms with Crippen LogP contribution in [0.3, 0.4) is 0 Å². The van der Waals surface area contributed by atoms with E-state index in [2.05, 4.69) is 10.6 Å². The van der Waals surface area contributed by atoms with Crippen LogP contribution in [0.5, 0.6) is 0 Å². The number of carbonyl (C=O) groups excluding carboxylic acids is 3. The van der Waals surface area contributed by atoms with Gasteiger partial charge < -0.3 is 15.4 Å². The summed E-state index contributed by atoms with van der Waals surface area (Å²) >= 11 is 0. The van der Waals surface area contributed by atoms with E-state index in [0.717, 1.165) is 0 Å². The van der Waals surface area contributed by atoms with Gasteiger partial charge >= 0.3 is 5.97 Å². The fourth-order valence-electron chi connectivity index (χ4n) is 2.09. The molecule has 128 valence electrons. The number of hydrogen-bond acceptors (Lipinski definition) is 5. The number of unbranched alkanes of at least 4 members (excludes halogenated alkanes) is 2. The lowest BCUT2D eigenvalue weighted by Gasteiger charge is -2.16. The Labute approximate surface area is 141 Å². The first kappa shape index (κ1) is 19.2. The number of amides is 2. The molecular weight excluding hydrogens is 310 g/mol. The minimum atomic E-state index is -0.754. The van der Waals surface area contributed by atoms with Crippen molar-refractivity contribution in [3.8, 4) is 6.07 Å². The monoisotopic (exact) mass is 331 g/mol. The Balaban J connectivity index is 2.67. The van der Waals surface area contributed by atoms with Crippen molar-refractivity contribution in [1.82, 2.24) is 5.32 Å². The predicted octanol–water partition coefficient (Wildman–Crippen LogP) is 2.00. The summed E-state index contributed by atoms with van der Waals surface area (Å²) in [6, 6.07) is 7.62. The molecule has 24 heavy (non-hydrogen) atoms. The van der Waals surface area contributed by atoms with Gasteiger partial charge in [0.15, 0.2) is 0 Å². The van der Waals surface area contributed by atoms with Crippen molar-refractivity contribution >= 4 is 23.5 Å². The van der Waals surface area contributed by atoms with Crippen molar-refractivity contribution in [2.24, 2.45) is 0 Å². The Bertz CT molecular complexity index is 620. The average molecular weight is 331 g/mol. The van der Waals surface area contributed by atoms with E-state index < -0.39 is 17.9 Å². The molecule has 2 N–H and O–H groups in total. The second-order valence-electron chi connectivity index (χ2n) is 5.21. The topological polar surface area (TPSA) is 108 Å². The Hall–Kier alpha value is -2.88. The zero-order valence-electron chi connectivity index (χ0n) is 13.8. The first-order valence-electron chi connectivity index (χ1n) is 7.61. The molecule has 0 radical (unpaired) electrons. The summed E-state index contributed by atoms with van der Waals surface area (Å²) in [7, 11) is 1.26. The van der Waals surface area contributed by atoms with Crippen molar-refractivity contribution < 1.29 is 19.1 Å². The van der Waals surface area contributed by atoms with E-state index in [1.807, 2.05) is 6.07 Å². The lowest BCUT2D eigenvalue weighted by atomic mass is 10.1. The van der Waals surface area contributed by atoms with E-state index in [4.69, 9.17) is 10.00 Å². The lowest BCUT2D eigenvalue weighted by molar-refractivity contribution is -0.143. The zero-order chi connectivity index (χ0) is 17.9. The first-order valence-corrected chi connectivity index (χ1v) is 7.61. The molecule has 0 heterocycles. The normalized spacial score (nSPS) is 11.0. The Morgan fingerprint density at radius 2 is 1.88 bits per heavy atom. The number of carbonyl (C=O) groups is 3. The molecule has 1 rings (SSSR count). The largest absolute Gasteiger partial charge is 0.467 e. The maximum Gasteiger partial charge on any atom is 0.328 e. The number of anilines is 1. The number of hydrogen-bond donors (Lipinski definition) is 2. The number of nitrogens with zero attached hydrogens (tertiary/aromatic N) is 1. The Kier molecular flexibility index (Phi) is 7.99. The van der Waals surface area contributed by atoms with Gasteiger partial charge in [-0.1, -0.05) is 0 Å². The average Bonchev–Trinajstić information content (AvgIpc) is 2.56. The number of esters is 1. The molecule has 0 saturated heterocycles. The van der Waals surface area contributed by atoms with Crippen LogP contribution in [0.25, 0.3) is 0 Å². The molecule has 7 heteroatoms. The minimum Gasteiger partial charge on any atom is -0.467 e. The van der Waals surface area contributed by atoms with E-state index in [1.54, 1.807) is 24.3 Å². The molecular formula is C17H21N3O4. The fourth-order valence-corrected chi connectivity index (χ4v) is 2.09. The highest BCUT2D eigenvalue weighted by Crippen LogP contribution is 2.11. The molecule has 0 bridgehead atoms. The van der Waals surface area contributed by atoms with Crippen LogP contribution in [0.2, 0.25) is 0 Å². The predicted molar refractivity (Wildman–Crippen MR) is 88.1 cm³/mol. The molecule has 7 nitrogen and oxygen atoms in total. The quantitative estimate of drug-likeness (QED) is 0.559. The second kappa shape index (κ2) is 10.0. The summed E-state index contributed by atoms with van der Waals surface area (Å²) in [4.78, 5) is 35.0. The summed E-state index contributed by atoms with van der Waals surface area (Å²) in [6.45, 7) is 1.40. The molecule has 0 fully saturated rings. The molecule has 1 aromatic rings. The van der Waals surface area contributed by atoms with Crippen LogP contribution in [0, 0.1) is 11.3 Å². The summed E-state index contributed by atoms with van der Waals surface area (Å²) in [6.07, 6.45) is 2.11. The zero-order valence-corrected chi connectivity index (χ0v) is 13.8.